The molecule has 0 fully saturated rings. The minimum atomic E-state index is -0.521. The maximum Gasteiger partial charge on any atom is 0.242 e. The molecule has 1 amide bonds. The fourth-order valence-corrected chi connectivity index (χ4v) is 2.74. The first-order chi connectivity index (χ1) is 8.27. The van der Waals surface area contributed by atoms with Crippen molar-refractivity contribution in [2.75, 3.05) is 6.54 Å². The standard InChI is InChI=1S/C13H18N2OS/c14-12(11-6-3-9-17-11)13(16)15-8-7-10-4-1-2-5-10/h3-4,6,9,12H,1-2,5,7-8,14H2,(H,15,16). The summed E-state index contributed by atoms with van der Waals surface area (Å²) in [5.41, 5.74) is 7.33. The van der Waals surface area contributed by atoms with Crippen LogP contribution in [0.4, 0.5) is 0 Å². The fourth-order valence-electron chi connectivity index (χ4n) is 2.02. The van der Waals surface area contributed by atoms with Gasteiger partial charge >= 0.3 is 0 Å². The van der Waals surface area contributed by atoms with Gasteiger partial charge in [-0.2, -0.15) is 0 Å². The number of hydrogen-bond donors (Lipinski definition) is 2. The lowest BCUT2D eigenvalue weighted by Crippen LogP contribution is -2.34. The zero-order chi connectivity index (χ0) is 12.1. The van der Waals surface area contributed by atoms with Gasteiger partial charge in [0.2, 0.25) is 5.91 Å². The van der Waals surface area contributed by atoms with Gasteiger partial charge in [0.1, 0.15) is 6.04 Å². The summed E-state index contributed by atoms with van der Waals surface area (Å²) in [6, 6.07) is 3.29. The summed E-state index contributed by atoms with van der Waals surface area (Å²) >= 11 is 1.52. The van der Waals surface area contributed by atoms with Gasteiger partial charge in [-0.25, -0.2) is 0 Å². The van der Waals surface area contributed by atoms with Gasteiger partial charge in [0.25, 0.3) is 0 Å². The summed E-state index contributed by atoms with van der Waals surface area (Å²) in [7, 11) is 0. The monoisotopic (exact) mass is 250 g/mol. The van der Waals surface area contributed by atoms with E-state index in [0.29, 0.717) is 6.54 Å². The van der Waals surface area contributed by atoms with Gasteiger partial charge in [0, 0.05) is 11.4 Å². The molecule has 0 radical (unpaired) electrons. The molecular weight excluding hydrogens is 232 g/mol. The molecule has 0 spiro atoms. The third-order valence-corrected chi connectivity index (χ3v) is 3.97. The van der Waals surface area contributed by atoms with Gasteiger partial charge in [-0.1, -0.05) is 17.7 Å². The fraction of sp³-hybridized carbons (Fsp3) is 0.462. The SMILES string of the molecule is NC(C(=O)NCCC1=CCCC1)c1cccs1. The molecule has 1 atom stereocenters. The molecule has 1 aliphatic rings. The van der Waals surface area contributed by atoms with Crippen molar-refractivity contribution in [2.45, 2.75) is 31.7 Å². The van der Waals surface area contributed by atoms with E-state index >= 15 is 0 Å². The van der Waals surface area contributed by atoms with E-state index in [2.05, 4.69) is 11.4 Å². The topological polar surface area (TPSA) is 55.1 Å². The second-order valence-electron chi connectivity index (χ2n) is 4.29. The average Bonchev–Trinajstić information content (AvgIpc) is 3.00. The van der Waals surface area contributed by atoms with E-state index in [-0.39, 0.29) is 5.91 Å². The molecule has 3 nitrogen and oxygen atoms in total. The Kier molecular flexibility index (Phi) is 4.34. The summed E-state index contributed by atoms with van der Waals surface area (Å²) in [5.74, 6) is -0.0777. The second kappa shape index (κ2) is 5.98. The highest BCUT2D eigenvalue weighted by molar-refractivity contribution is 7.10. The molecule has 1 unspecified atom stereocenters. The number of rotatable bonds is 5. The summed E-state index contributed by atoms with van der Waals surface area (Å²) in [5, 5.41) is 4.84. The molecule has 2 rings (SSSR count). The minimum absolute atomic E-state index is 0.0777. The highest BCUT2D eigenvalue weighted by Crippen LogP contribution is 2.20. The molecule has 0 saturated heterocycles. The van der Waals surface area contributed by atoms with Crippen LogP contribution in [0.2, 0.25) is 0 Å². The normalized spacial score (nSPS) is 16.6. The highest BCUT2D eigenvalue weighted by Gasteiger charge is 2.16. The molecule has 0 aliphatic heterocycles. The van der Waals surface area contributed by atoms with Crippen LogP contribution in [-0.4, -0.2) is 12.5 Å². The van der Waals surface area contributed by atoms with E-state index in [1.54, 1.807) is 0 Å². The Hall–Kier alpha value is -1.13. The third kappa shape index (κ3) is 3.41. The van der Waals surface area contributed by atoms with E-state index in [0.717, 1.165) is 11.3 Å². The molecule has 3 N–H and O–H groups in total. The molecular formula is C13H18N2OS. The lowest BCUT2D eigenvalue weighted by molar-refractivity contribution is -0.122. The largest absolute Gasteiger partial charge is 0.354 e. The smallest absolute Gasteiger partial charge is 0.242 e. The van der Waals surface area contributed by atoms with Crippen LogP contribution in [0.5, 0.6) is 0 Å². The van der Waals surface area contributed by atoms with E-state index in [1.165, 1.54) is 36.2 Å². The van der Waals surface area contributed by atoms with Crippen LogP contribution in [0.1, 0.15) is 36.6 Å². The zero-order valence-corrected chi connectivity index (χ0v) is 10.6. The van der Waals surface area contributed by atoms with Crippen molar-refractivity contribution >= 4 is 17.2 Å². The number of amides is 1. The molecule has 1 aromatic heterocycles. The summed E-state index contributed by atoms with van der Waals surface area (Å²) in [4.78, 5) is 12.7. The molecule has 0 bridgehead atoms. The number of nitrogens with two attached hydrogens (primary N) is 1. The van der Waals surface area contributed by atoms with Crippen molar-refractivity contribution in [3.05, 3.63) is 34.0 Å². The Labute approximate surface area is 106 Å². The van der Waals surface area contributed by atoms with Gasteiger partial charge in [0.15, 0.2) is 0 Å². The zero-order valence-electron chi connectivity index (χ0n) is 9.82. The van der Waals surface area contributed by atoms with Crippen molar-refractivity contribution < 1.29 is 4.79 Å². The van der Waals surface area contributed by atoms with Gasteiger partial charge in [-0.3, -0.25) is 4.79 Å². The molecule has 1 heterocycles. The number of hydrogen-bond acceptors (Lipinski definition) is 3. The van der Waals surface area contributed by atoms with Crippen molar-refractivity contribution in [1.29, 1.82) is 0 Å². The molecule has 4 heteroatoms. The molecule has 0 aromatic carbocycles. The van der Waals surface area contributed by atoms with Gasteiger partial charge in [0.05, 0.1) is 0 Å². The first kappa shape index (κ1) is 12.3. The van der Waals surface area contributed by atoms with Crippen LogP contribution in [0.15, 0.2) is 29.2 Å². The summed E-state index contributed by atoms with van der Waals surface area (Å²) in [6.45, 7) is 0.698. The van der Waals surface area contributed by atoms with Crippen LogP contribution in [0.3, 0.4) is 0 Å². The van der Waals surface area contributed by atoms with Crippen LogP contribution in [0.25, 0.3) is 0 Å². The number of nitrogens with one attached hydrogen (secondary N) is 1. The van der Waals surface area contributed by atoms with Crippen LogP contribution >= 0.6 is 11.3 Å². The van der Waals surface area contributed by atoms with E-state index in [4.69, 9.17) is 5.73 Å². The van der Waals surface area contributed by atoms with Crippen LogP contribution in [0, 0.1) is 0 Å². The number of allylic oxidation sites excluding steroid dienone is 1. The molecule has 1 aliphatic carbocycles. The Balaban J connectivity index is 1.73. The molecule has 92 valence electrons. The number of carbonyl (C=O) groups excluding carboxylic acids is 1. The lowest BCUT2D eigenvalue weighted by Gasteiger charge is -2.10. The van der Waals surface area contributed by atoms with Crippen LogP contribution < -0.4 is 11.1 Å². The quantitative estimate of drug-likeness (QED) is 0.788. The first-order valence-electron chi connectivity index (χ1n) is 6.02. The Morgan fingerprint density at radius 1 is 1.59 bits per heavy atom. The Bertz CT molecular complexity index is 398. The predicted molar refractivity (Wildman–Crippen MR) is 70.8 cm³/mol. The van der Waals surface area contributed by atoms with Gasteiger partial charge < -0.3 is 11.1 Å². The van der Waals surface area contributed by atoms with E-state index in [1.807, 2.05) is 17.5 Å². The molecule has 1 aromatic rings. The maximum atomic E-state index is 11.8. The average molecular weight is 250 g/mol. The van der Waals surface area contributed by atoms with Crippen LogP contribution in [-0.2, 0) is 4.79 Å². The van der Waals surface area contributed by atoms with E-state index in [9.17, 15) is 4.79 Å². The Morgan fingerprint density at radius 2 is 2.47 bits per heavy atom. The van der Waals surface area contributed by atoms with Crippen molar-refractivity contribution in [1.82, 2.24) is 5.32 Å². The number of thiophene rings is 1. The van der Waals surface area contributed by atoms with Gasteiger partial charge in [-0.15, -0.1) is 11.3 Å². The predicted octanol–water partition coefficient (Wildman–Crippen LogP) is 2.36. The highest BCUT2D eigenvalue weighted by atomic mass is 32.1. The number of carbonyl (C=O) groups is 1. The third-order valence-electron chi connectivity index (χ3n) is 3.01. The van der Waals surface area contributed by atoms with Crippen molar-refractivity contribution in [3.63, 3.8) is 0 Å². The Morgan fingerprint density at radius 3 is 3.12 bits per heavy atom. The van der Waals surface area contributed by atoms with Crippen molar-refractivity contribution in [3.8, 4) is 0 Å². The molecule has 17 heavy (non-hydrogen) atoms. The van der Waals surface area contributed by atoms with E-state index < -0.39 is 6.04 Å². The lowest BCUT2D eigenvalue weighted by atomic mass is 10.1. The van der Waals surface area contributed by atoms with Crippen molar-refractivity contribution in [2.24, 2.45) is 5.73 Å². The van der Waals surface area contributed by atoms with Gasteiger partial charge in [-0.05, 0) is 37.1 Å². The summed E-state index contributed by atoms with van der Waals surface area (Å²) < 4.78 is 0. The summed E-state index contributed by atoms with van der Waals surface area (Å²) in [6.07, 6.45) is 6.89. The maximum absolute atomic E-state index is 11.8. The first-order valence-corrected chi connectivity index (χ1v) is 6.90. The molecule has 0 saturated carbocycles. The minimum Gasteiger partial charge on any atom is -0.354 e. The second-order valence-corrected chi connectivity index (χ2v) is 5.27.